The fourth-order valence-electron chi connectivity index (χ4n) is 4.75. The fraction of sp³-hybridized carbons (Fsp3) is 0.767. The number of nitrogens with zero attached hydrogens (tertiary/aromatic N) is 2. The van der Waals surface area contributed by atoms with E-state index in [1.165, 1.54) is 83.1 Å². The third-order valence-corrected chi connectivity index (χ3v) is 6.96. The first kappa shape index (κ1) is 31.9. The van der Waals surface area contributed by atoms with Gasteiger partial charge < -0.3 is 9.64 Å². The van der Waals surface area contributed by atoms with Crippen LogP contribution >= 0.6 is 0 Å². The van der Waals surface area contributed by atoms with Crippen LogP contribution in [0.25, 0.3) is 0 Å². The molecule has 6 heteroatoms. The molecule has 36 heavy (non-hydrogen) atoms. The number of carbonyl (C=O) groups excluding carboxylic acids is 1. The van der Waals surface area contributed by atoms with Gasteiger partial charge in [-0.3, -0.25) is 10.1 Å². The Kier molecular flexibility index (Phi) is 17.7. The van der Waals surface area contributed by atoms with Crippen molar-refractivity contribution in [2.45, 2.75) is 124 Å². The maximum absolute atomic E-state index is 13.1. The largest absolute Gasteiger partial charge is 0.444 e. The number of rotatable bonds is 21. The van der Waals surface area contributed by atoms with Crippen molar-refractivity contribution in [2.75, 3.05) is 13.1 Å². The fourth-order valence-corrected chi connectivity index (χ4v) is 4.75. The number of benzene rings is 1. The quantitative estimate of drug-likeness (QED) is 0.0949. The van der Waals surface area contributed by atoms with Crippen molar-refractivity contribution in [1.82, 2.24) is 4.90 Å². The molecule has 1 aromatic rings. The van der Waals surface area contributed by atoms with E-state index < -0.39 is 4.92 Å². The Bertz CT molecular complexity index is 701. The van der Waals surface area contributed by atoms with Gasteiger partial charge in [0.1, 0.15) is 6.61 Å². The summed E-state index contributed by atoms with van der Waals surface area (Å²) in [4.78, 5) is 25.8. The lowest BCUT2D eigenvalue weighted by Gasteiger charge is -2.28. The zero-order chi connectivity index (χ0) is 26.6. The lowest BCUT2D eigenvalue weighted by Crippen LogP contribution is -2.38. The zero-order valence-electron chi connectivity index (χ0n) is 23.5. The van der Waals surface area contributed by atoms with Crippen molar-refractivity contribution in [3.63, 3.8) is 0 Å². The SMILES string of the molecule is CCCCCCCCC(C)CN(CC(C)CCCCCCCC)C(=O)OCc1ccccc1[N+](=O)[O-]. The highest BCUT2D eigenvalue weighted by Gasteiger charge is 2.22. The predicted molar refractivity (Wildman–Crippen MR) is 149 cm³/mol. The van der Waals surface area contributed by atoms with Crippen LogP contribution in [0.4, 0.5) is 10.5 Å². The molecule has 0 spiro atoms. The molecule has 1 aromatic carbocycles. The van der Waals surface area contributed by atoms with Crippen LogP contribution in [0, 0.1) is 22.0 Å². The first-order valence-corrected chi connectivity index (χ1v) is 14.5. The molecule has 2 unspecified atom stereocenters. The topological polar surface area (TPSA) is 72.7 Å². The van der Waals surface area contributed by atoms with E-state index in [1.807, 2.05) is 4.90 Å². The normalized spacial score (nSPS) is 12.8. The molecule has 0 fully saturated rings. The van der Waals surface area contributed by atoms with Crippen LogP contribution in [0.2, 0.25) is 0 Å². The molecule has 0 radical (unpaired) electrons. The van der Waals surface area contributed by atoms with Crippen LogP contribution in [0.3, 0.4) is 0 Å². The molecule has 206 valence electrons. The van der Waals surface area contributed by atoms with E-state index in [1.54, 1.807) is 18.2 Å². The van der Waals surface area contributed by atoms with Crippen molar-refractivity contribution in [3.8, 4) is 0 Å². The number of ether oxygens (including phenoxy) is 1. The number of para-hydroxylation sites is 1. The summed E-state index contributed by atoms with van der Waals surface area (Å²) in [6.07, 6.45) is 17.1. The van der Waals surface area contributed by atoms with Gasteiger partial charge in [0.25, 0.3) is 5.69 Å². The highest BCUT2D eigenvalue weighted by molar-refractivity contribution is 5.67. The summed E-state index contributed by atoms with van der Waals surface area (Å²) < 4.78 is 5.61. The summed E-state index contributed by atoms with van der Waals surface area (Å²) in [5, 5.41) is 11.3. The van der Waals surface area contributed by atoms with E-state index in [-0.39, 0.29) is 18.4 Å². The van der Waals surface area contributed by atoms with Gasteiger partial charge in [0.15, 0.2) is 0 Å². The Hall–Kier alpha value is -2.11. The number of unbranched alkanes of at least 4 members (excludes halogenated alkanes) is 10. The third kappa shape index (κ3) is 14.4. The molecule has 6 nitrogen and oxygen atoms in total. The van der Waals surface area contributed by atoms with Crippen molar-refractivity contribution in [1.29, 1.82) is 0 Å². The van der Waals surface area contributed by atoms with Crippen LogP contribution < -0.4 is 0 Å². The van der Waals surface area contributed by atoms with Crippen molar-refractivity contribution in [3.05, 3.63) is 39.9 Å². The minimum atomic E-state index is -0.424. The van der Waals surface area contributed by atoms with Gasteiger partial charge in [-0.2, -0.15) is 0 Å². The summed E-state index contributed by atoms with van der Waals surface area (Å²) in [6, 6.07) is 6.47. The van der Waals surface area contributed by atoms with E-state index in [0.29, 0.717) is 30.5 Å². The zero-order valence-corrected chi connectivity index (χ0v) is 23.5. The Morgan fingerprint density at radius 1 is 0.833 bits per heavy atom. The molecule has 1 amide bonds. The smallest absolute Gasteiger partial charge is 0.410 e. The average Bonchev–Trinajstić information content (AvgIpc) is 2.86. The highest BCUT2D eigenvalue weighted by atomic mass is 16.6. The number of hydrogen-bond donors (Lipinski definition) is 0. The van der Waals surface area contributed by atoms with Gasteiger partial charge in [-0.25, -0.2) is 4.79 Å². The van der Waals surface area contributed by atoms with Gasteiger partial charge in [-0.1, -0.05) is 117 Å². The Morgan fingerprint density at radius 3 is 1.81 bits per heavy atom. The Balaban J connectivity index is 2.63. The van der Waals surface area contributed by atoms with Gasteiger partial charge in [0.05, 0.1) is 10.5 Å². The van der Waals surface area contributed by atoms with Crippen molar-refractivity contribution < 1.29 is 14.5 Å². The molecule has 0 aromatic heterocycles. The van der Waals surface area contributed by atoms with Crippen LogP contribution in [-0.2, 0) is 11.3 Å². The molecule has 2 atom stereocenters. The van der Waals surface area contributed by atoms with Crippen LogP contribution in [0.5, 0.6) is 0 Å². The first-order valence-electron chi connectivity index (χ1n) is 14.5. The molecule has 0 heterocycles. The molecular formula is C30H52N2O4. The Labute approximate surface area is 220 Å². The number of amides is 1. The second kappa shape index (κ2) is 20.0. The molecule has 0 aliphatic heterocycles. The molecule has 0 bridgehead atoms. The standard InChI is InChI=1S/C30H52N2O4/c1-5-7-9-11-13-15-19-26(3)23-31(24-27(4)20-16-14-12-10-8-6-2)30(33)36-25-28-21-17-18-22-29(28)32(34)35/h17-18,21-22,26-27H,5-16,19-20,23-25H2,1-4H3. The van der Waals surface area contributed by atoms with E-state index in [4.69, 9.17) is 4.74 Å². The molecule has 1 rings (SSSR count). The monoisotopic (exact) mass is 504 g/mol. The summed E-state index contributed by atoms with van der Waals surface area (Å²) >= 11 is 0. The minimum absolute atomic E-state index is 0.00951. The van der Waals surface area contributed by atoms with Crippen molar-refractivity contribution >= 4 is 11.8 Å². The highest BCUT2D eigenvalue weighted by Crippen LogP contribution is 2.21. The average molecular weight is 505 g/mol. The second-order valence-corrected chi connectivity index (χ2v) is 10.7. The maximum Gasteiger partial charge on any atom is 0.410 e. The summed E-state index contributed by atoms with van der Waals surface area (Å²) in [7, 11) is 0. The van der Waals surface area contributed by atoms with Gasteiger partial charge in [-0.15, -0.1) is 0 Å². The number of nitro benzene ring substituents is 1. The summed E-state index contributed by atoms with van der Waals surface area (Å²) in [6.45, 7) is 10.2. The van der Waals surface area contributed by atoms with Gasteiger partial charge in [0, 0.05) is 19.2 Å². The second-order valence-electron chi connectivity index (χ2n) is 10.7. The Morgan fingerprint density at radius 2 is 1.31 bits per heavy atom. The molecule has 0 saturated heterocycles. The van der Waals surface area contributed by atoms with Crippen LogP contribution in [0.15, 0.2) is 24.3 Å². The number of nitro groups is 1. The van der Waals surface area contributed by atoms with E-state index in [2.05, 4.69) is 27.7 Å². The lowest BCUT2D eigenvalue weighted by atomic mass is 9.99. The lowest BCUT2D eigenvalue weighted by molar-refractivity contribution is -0.385. The van der Waals surface area contributed by atoms with Gasteiger partial charge >= 0.3 is 6.09 Å². The van der Waals surface area contributed by atoms with Crippen LogP contribution in [-0.4, -0.2) is 29.0 Å². The molecule has 0 aliphatic rings. The van der Waals surface area contributed by atoms with Gasteiger partial charge in [-0.05, 0) is 30.7 Å². The summed E-state index contributed by atoms with van der Waals surface area (Å²) in [5.74, 6) is 0.798. The number of carbonyl (C=O) groups is 1. The van der Waals surface area contributed by atoms with E-state index in [9.17, 15) is 14.9 Å². The van der Waals surface area contributed by atoms with E-state index in [0.717, 1.165) is 12.8 Å². The molecule has 0 N–H and O–H groups in total. The number of hydrogen-bond acceptors (Lipinski definition) is 4. The first-order chi connectivity index (χ1) is 17.4. The van der Waals surface area contributed by atoms with Crippen LogP contribution in [0.1, 0.15) is 123 Å². The van der Waals surface area contributed by atoms with Gasteiger partial charge in [0.2, 0.25) is 0 Å². The molecular weight excluding hydrogens is 452 g/mol. The summed E-state index contributed by atoms with van der Waals surface area (Å²) in [5.41, 5.74) is 0.417. The molecule has 0 aliphatic carbocycles. The minimum Gasteiger partial charge on any atom is -0.444 e. The molecule has 0 saturated carbocycles. The third-order valence-electron chi connectivity index (χ3n) is 6.96. The van der Waals surface area contributed by atoms with Crippen molar-refractivity contribution in [2.24, 2.45) is 11.8 Å². The predicted octanol–water partition coefficient (Wildman–Crippen LogP) is 9.31. The van der Waals surface area contributed by atoms with E-state index >= 15 is 0 Å². The maximum atomic E-state index is 13.1.